The smallest absolute Gasteiger partial charge is 0.246 e. The van der Waals surface area contributed by atoms with Gasteiger partial charge in [0.05, 0.1) is 0 Å². The van der Waals surface area contributed by atoms with Gasteiger partial charge in [0.15, 0.2) is 5.82 Å². The van der Waals surface area contributed by atoms with E-state index in [1.807, 2.05) is 0 Å². The Bertz CT molecular complexity index is 562. The summed E-state index contributed by atoms with van der Waals surface area (Å²) in [6, 6.07) is -0.0200. The third kappa shape index (κ3) is 3.27. The first-order chi connectivity index (χ1) is 8.70. The van der Waals surface area contributed by atoms with Gasteiger partial charge in [0.25, 0.3) is 0 Å². The summed E-state index contributed by atoms with van der Waals surface area (Å²) in [5.74, 6) is 0.0464. The van der Waals surface area contributed by atoms with E-state index in [1.54, 1.807) is 7.05 Å². The van der Waals surface area contributed by atoms with Gasteiger partial charge >= 0.3 is 0 Å². The second-order valence-electron chi connectivity index (χ2n) is 6.13. The van der Waals surface area contributed by atoms with Gasteiger partial charge in [-0.15, -0.1) is 0 Å². The normalized spacial score (nSPS) is 23.4. The molecule has 0 saturated heterocycles. The quantitative estimate of drug-likeness (QED) is 0.875. The van der Waals surface area contributed by atoms with E-state index >= 15 is 0 Å². The third-order valence-corrected chi connectivity index (χ3v) is 5.18. The number of nitrogen functional groups attached to an aromatic ring is 1. The second kappa shape index (κ2) is 4.79. The molecule has 1 unspecified atom stereocenters. The Labute approximate surface area is 114 Å². The number of nitrogens with two attached hydrogens (primary N) is 1. The van der Waals surface area contributed by atoms with Crippen molar-refractivity contribution in [3.63, 3.8) is 0 Å². The zero-order valence-electron chi connectivity index (χ0n) is 11.7. The number of aromatic nitrogens is 2. The lowest BCUT2D eigenvalue weighted by Gasteiger charge is -2.35. The van der Waals surface area contributed by atoms with Crippen molar-refractivity contribution in [1.82, 2.24) is 14.5 Å². The average molecular weight is 286 g/mol. The molecule has 1 aliphatic rings. The molecule has 6 nitrogen and oxygen atoms in total. The molecule has 1 heterocycles. The van der Waals surface area contributed by atoms with Crippen molar-refractivity contribution in [2.24, 2.45) is 12.5 Å². The summed E-state index contributed by atoms with van der Waals surface area (Å²) >= 11 is 0. The Morgan fingerprint density at radius 1 is 1.53 bits per heavy atom. The highest BCUT2D eigenvalue weighted by Crippen LogP contribution is 2.35. The summed E-state index contributed by atoms with van der Waals surface area (Å²) in [6.45, 7) is 4.35. The molecule has 1 aromatic rings. The fourth-order valence-corrected chi connectivity index (χ4v) is 4.15. The minimum atomic E-state index is -3.58. The van der Waals surface area contributed by atoms with Crippen LogP contribution in [0.3, 0.4) is 0 Å². The summed E-state index contributed by atoms with van der Waals surface area (Å²) in [5.41, 5.74) is 5.82. The molecule has 0 radical (unpaired) electrons. The van der Waals surface area contributed by atoms with E-state index in [4.69, 9.17) is 5.73 Å². The van der Waals surface area contributed by atoms with Gasteiger partial charge in [-0.3, -0.25) is 4.68 Å². The zero-order chi connectivity index (χ0) is 14.3. The SMILES string of the molecule is Cn1cc(S(=O)(=O)NC2CCCC(C)(C)C2)c(N)n1. The molecule has 0 amide bonds. The van der Waals surface area contributed by atoms with Gasteiger partial charge in [0, 0.05) is 19.3 Å². The number of nitrogens with one attached hydrogen (secondary N) is 1. The van der Waals surface area contributed by atoms with E-state index in [0.717, 1.165) is 25.7 Å². The fraction of sp³-hybridized carbons (Fsp3) is 0.750. The summed E-state index contributed by atoms with van der Waals surface area (Å²) in [6.07, 6.45) is 5.35. The molecule has 19 heavy (non-hydrogen) atoms. The number of anilines is 1. The highest BCUT2D eigenvalue weighted by Gasteiger charge is 2.32. The highest BCUT2D eigenvalue weighted by atomic mass is 32.2. The first-order valence-electron chi connectivity index (χ1n) is 6.51. The van der Waals surface area contributed by atoms with E-state index in [-0.39, 0.29) is 22.2 Å². The van der Waals surface area contributed by atoms with E-state index in [2.05, 4.69) is 23.7 Å². The van der Waals surface area contributed by atoms with E-state index in [1.165, 1.54) is 10.9 Å². The lowest BCUT2D eigenvalue weighted by molar-refractivity contribution is 0.212. The minimum Gasteiger partial charge on any atom is -0.381 e. The van der Waals surface area contributed by atoms with Gasteiger partial charge in [0.2, 0.25) is 10.0 Å². The number of hydrogen-bond donors (Lipinski definition) is 2. The van der Waals surface area contributed by atoms with Crippen molar-refractivity contribution in [2.75, 3.05) is 5.73 Å². The summed E-state index contributed by atoms with van der Waals surface area (Å²) in [4.78, 5) is 0.0679. The third-order valence-electron chi connectivity index (χ3n) is 3.64. The zero-order valence-corrected chi connectivity index (χ0v) is 12.5. The average Bonchev–Trinajstić information content (AvgIpc) is 2.56. The van der Waals surface area contributed by atoms with Crippen molar-refractivity contribution < 1.29 is 8.42 Å². The molecule has 7 heteroatoms. The molecule has 1 aromatic heterocycles. The van der Waals surface area contributed by atoms with Crippen molar-refractivity contribution in [3.05, 3.63) is 6.20 Å². The van der Waals surface area contributed by atoms with Crippen molar-refractivity contribution in [1.29, 1.82) is 0 Å². The maximum atomic E-state index is 12.3. The molecule has 0 spiro atoms. The Morgan fingerprint density at radius 3 is 2.74 bits per heavy atom. The van der Waals surface area contributed by atoms with Crippen LogP contribution in [0.2, 0.25) is 0 Å². The molecule has 0 aliphatic heterocycles. The highest BCUT2D eigenvalue weighted by molar-refractivity contribution is 7.89. The Balaban J connectivity index is 2.16. The molecule has 3 N–H and O–H groups in total. The van der Waals surface area contributed by atoms with Crippen LogP contribution in [0.15, 0.2) is 11.1 Å². The molecular formula is C12H22N4O2S. The Morgan fingerprint density at radius 2 is 2.21 bits per heavy atom. The standard InChI is InChI=1S/C12H22N4O2S/c1-12(2)6-4-5-9(7-12)15-19(17,18)10-8-16(3)14-11(10)13/h8-9,15H,4-7H2,1-3H3,(H2,13,14). The molecule has 1 fully saturated rings. The van der Waals surface area contributed by atoms with Crippen LogP contribution in [0, 0.1) is 5.41 Å². The van der Waals surface area contributed by atoms with Crippen molar-refractivity contribution in [3.8, 4) is 0 Å². The molecule has 1 atom stereocenters. The summed E-state index contributed by atoms with van der Waals surface area (Å²) < 4.78 is 28.8. The first kappa shape index (κ1) is 14.3. The predicted octanol–water partition coefficient (Wildman–Crippen LogP) is 1.25. The molecule has 0 aromatic carbocycles. The van der Waals surface area contributed by atoms with Gasteiger partial charge in [-0.2, -0.15) is 5.10 Å². The van der Waals surface area contributed by atoms with Gasteiger partial charge < -0.3 is 5.73 Å². The van der Waals surface area contributed by atoms with Crippen LogP contribution in [0.5, 0.6) is 0 Å². The van der Waals surface area contributed by atoms with E-state index in [9.17, 15) is 8.42 Å². The van der Waals surface area contributed by atoms with Crippen LogP contribution in [0.4, 0.5) is 5.82 Å². The van der Waals surface area contributed by atoms with Gasteiger partial charge in [-0.05, 0) is 24.7 Å². The van der Waals surface area contributed by atoms with E-state index in [0.29, 0.717) is 0 Å². The van der Waals surface area contributed by atoms with Crippen LogP contribution in [-0.4, -0.2) is 24.2 Å². The summed E-state index contributed by atoms with van der Waals surface area (Å²) in [5, 5.41) is 3.87. The Hall–Kier alpha value is -1.08. The van der Waals surface area contributed by atoms with Crippen LogP contribution < -0.4 is 10.5 Å². The molecular weight excluding hydrogens is 264 g/mol. The van der Waals surface area contributed by atoms with Crippen molar-refractivity contribution >= 4 is 15.8 Å². The number of rotatable bonds is 3. The van der Waals surface area contributed by atoms with Gasteiger partial charge in [0.1, 0.15) is 4.90 Å². The number of nitrogens with zero attached hydrogens (tertiary/aromatic N) is 2. The van der Waals surface area contributed by atoms with Crippen LogP contribution >= 0.6 is 0 Å². The lowest BCUT2D eigenvalue weighted by Crippen LogP contribution is -2.40. The van der Waals surface area contributed by atoms with Crippen LogP contribution in [-0.2, 0) is 17.1 Å². The van der Waals surface area contributed by atoms with Crippen LogP contribution in [0.1, 0.15) is 39.5 Å². The maximum absolute atomic E-state index is 12.3. The summed E-state index contributed by atoms with van der Waals surface area (Å²) in [7, 11) is -1.93. The lowest BCUT2D eigenvalue weighted by atomic mass is 9.75. The molecule has 0 bridgehead atoms. The van der Waals surface area contributed by atoms with Crippen LogP contribution in [0.25, 0.3) is 0 Å². The first-order valence-corrected chi connectivity index (χ1v) is 7.99. The molecule has 1 saturated carbocycles. The molecule has 1 aliphatic carbocycles. The monoisotopic (exact) mass is 286 g/mol. The van der Waals surface area contributed by atoms with Gasteiger partial charge in [-0.1, -0.05) is 20.3 Å². The molecule has 2 rings (SSSR count). The minimum absolute atomic E-state index is 0.0200. The number of aryl methyl sites for hydroxylation is 1. The maximum Gasteiger partial charge on any atom is 0.246 e. The Kier molecular flexibility index (Phi) is 3.61. The largest absolute Gasteiger partial charge is 0.381 e. The number of hydrogen-bond acceptors (Lipinski definition) is 4. The topological polar surface area (TPSA) is 90.0 Å². The van der Waals surface area contributed by atoms with Crippen molar-refractivity contribution in [2.45, 2.75) is 50.5 Å². The fourth-order valence-electron chi connectivity index (χ4n) is 2.77. The number of sulfonamides is 1. The molecule has 108 valence electrons. The second-order valence-corrected chi connectivity index (χ2v) is 7.81. The van der Waals surface area contributed by atoms with Gasteiger partial charge in [-0.25, -0.2) is 13.1 Å². The predicted molar refractivity (Wildman–Crippen MR) is 74.0 cm³/mol. The van der Waals surface area contributed by atoms with E-state index < -0.39 is 10.0 Å².